The van der Waals surface area contributed by atoms with Crippen molar-refractivity contribution in [2.24, 2.45) is 0 Å². The van der Waals surface area contributed by atoms with E-state index in [1.807, 2.05) is 30.3 Å². The maximum Gasteiger partial charge on any atom is 0.224 e. The molecule has 0 bridgehead atoms. The molecule has 1 N–H and O–H groups in total. The number of rotatable bonds is 8. The standard InChI is InChI=1S/C19H20Cl2N2O3/c1-14(24)23(19-16(20)8-5-9-17(19)21)12-11-22-18(25)10-13-26-15-6-3-2-4-7-15/h2-9H,10-13H2,1H3,(H,22,25). The Morgan fingerprint density at radius 1 is 1.04 bits per heavy atom. The first-order valence-corrected chi connectivity index (χ1v) is 8.91. The number of hydrogen-bond donors (Lipinski definition) is 1. The maximum atomic E-state index is 11.9. The predicted molar refractivity (Wildman–Crippen MR) is 104 cm³/mol. The number of ether oxygens (including phenoxy) is 1. The van der Waals surface area contributed by atoms with Gasteiger partial charge in [-0.05, 0) is 24.3 Å². The van der Waals surface area contributed by atoms with Crippen LogP contribution in [0.4, 0.5) is 5.69 Å². The van der Waals surface area contributed by atoms with Gasteiger partial charge in [0.15, 0.2) is 0 Å². The van der Waals surface area contributed by atoms with Gasteiger partial charge in [0, 0.05) is 20.0 Å². The number of carbonyl (C=O) groups is 2. The van der Waals surface area contributed by atoms with Gasteiger partial charge in [-0.3, -0.25) is 9.59 Å². The number of carbonyl (C=O) groups excluding carboxylic acids is 2. The molecule has 2 aromatic rings. The first-order valence-electron chi connectivity index (χ1n) is 8.15. The van der Waals surface area contributed by atoms with Crippen LogP contribution >= 0.6 is 23.2 Å². The number of halogens is 2. The fourth-order valence-electron chi connectivity index (χ4n) is 2.35. The minimum Gasteiger partial charge on any atom is -0.493 e. The van der Waals surface area contributed by atoms with Gasteiger partial charge in [0.25, 0.3) is 0 Å². The number of nitrogens with zero attached hydrogens (tertiary/aromatic N) is 1. The Hall–Kier alpha value is -2.24. The minimum atomic E-state index is -0.207. The van der Waals surface area contributed by atoms with Crippen molar-refractivity contribution in [3.8, 4) is 5.75 Å². The molecule has 0 unspecified atom stereocenters. The Morgan fingerprint density at radius 2 is 1.69 bits per heavy atom. The van der Waals surface area contributed by atoms with Crippen LogP contribution in [-0.4, -0.2) is 31.5 Å². The van der Waals surface area contributed by atoms with Crippen molar-refractivity contribution in [2.75, 3.05) is 24.6 Å². The third kappa shape index (κ3) is 5.93. The van der Waals surface area contributed by atoms with Crippen LogP contribution in [0.25, 0.3) is 0 Å². The normalized spacial score (nSPS) is 10.3. The molecule has 0 saturated carbocycles. The molecule has 0 aliphatic heterocycles. The molecular formula is C19H20Cl2N2O3. The van der Waals surface area contributed by atoms with E-state index in [0.717, 1.165) is 5.75 Å². The van der Waals surface area contributed by atoms with Gasteiger partial charge < -0.3 is 15.0 Å². The summed E-state index contributed by atoms with van der Waals surface area (Å²) in [7, 11) is 0. The molecule has 0 heterocycles. The molecule has 0 aliphatic carbocycles. The van der Waals surface area contributed by atoms with Crippen molar-refractivity contribution >= 4 is 40.7 Å². The summed E-state index contributed by atoms with van der Waals surface area (Å²) in [5.41, 5.74) is 0.449. The zero-order chi connectivity index (χ0) is 18.9. The van der Waals surface area contributed by atoms with E-state index in [1.54, 1.807) is 18.2 Å². The topological polar surface area (TPSA) is 58.6 Å². The van der Waals surface area contributed by atoms with Crippen LogP contribution < -0.4 is 15.0 Å². The molecule has 0 aliphatic rings. The molecule has 5 nitrogen and oxygen atoms in total. The van der Waals surface area contributed by atoms with Crippen LogP contribution in [0.2, 0.25) is 10.0 Å². The van der Waals surface area contributed by atoms with E-state index in [2.05, 4.69) is 5.32 Å². The average molecular weight is 395 g/mol. The van der Waals surface area contributed by atoms with E-state index in [0.29, 0.717) is 15.7 Å². The number of amides is 2. The number of anilines is 1. The highest BCUT2D eigenvalue weighted by atomic mass is 35.5. The third-order valence-corrected chi connectivity index (χ3v) is 4.20. The van der Waals surface area contributed by atoms with Gasteiger partial charge in [0.1, 0.15) is 5.75 Å². The maximum absolute atomic E-state index is 11.9. The lowest BCUT2D eigenvalue weighted by atomic mass is 10.2. The monoisotopic (exact) mass is 394 g/mol. The summed E-state index contributed by atoms with van der Waals surface area (Å²) in [6.07, 6.45) is 0.224. The molecule has 0 atom stereocenters. The van der Waals surface area contributed by atoms with Gasteiger partial charge >= 0.3 is 0 Å². The highest BCUT2D eigenvalue weighted by Crippen LogP contribution is 2.33. The van der Waals surface area contributed by atoms with Gasteiger partial charge in [0.2, 0.25) is 11.8 Å². The summed E-state index contributed by atoms with van der Waals surface area (Å²) in [6.45, 7) is 2.26. The lowest BCUT2D eigenvalue weighted by Gasteiger charge is -2.23. The summed E-state index contributed by atoms with van der Waals surface area (Å²) in [5, 5.41) is 3.53. The molecule has 2 amide bonds. The number of benzene rings is 2. The van der Waals surface area contributed by atoms with E-state index in [1.165, 1.54) is 11.8 Å². The highest BCUT2D eigenvalue weighted by Gasteiger charge is 2.18. The fraction of sp³-hybridized carbons (Fsp3) is 0.263. The Morgan fingerprint density at radius 3 is 2.31 bits per heavy atom. The van der Waals surface area contributed by atoms with E-state index in [4.69, 9.17) is 27.9 Å². The molecular weight excluding hydrogens is 375 g/mol. The van der Waals surface area contributed by atoms with E-state index in [-0.39, 0.29) is 37.9 Å². The SMILES string of the molecule is CC(=O)N(CCNC(=O)CCOc1ccccc1)c1c(Cl)cccc1Cl. The first kappa shape index (κ1) is 20.1. The van der Waals surface area contributed by atoms with Crippen molar-refractivity contribution in [2.45, 2.75) is 13.3 Å². The molecule has 0 spiro atoms. The summed E-state index contributed by atoms with van der Waals surface area (Å²) >= 11 is 12.3. The largest absolute Gasteiger partial charge is 0.493 e. The Kier molecular flexibility index (Phi) is 7.75. The number of hydrogen-bond acceptors (Lipinski definition) is 3. The third-order valence-electron chi connectivity index (χ3n) is 3.59. The molecule has 26 heavy (non-hydrogen) atoms. The van der Waals surface area contributed by atoms with Crippen LogP contribution in [0.1, 0.15) is 13.3 Å². The molecule has 0 radical (unpaired) electrons. The fourth-order valence-corrected chi connectivity index (χ4v) is 2.95. The van der Waals surface area contributed by atoms with Crippen LogP contribution in [-0.2, 0) is 9.59 Å². The zero-order valence-electron chi connectivity index (χ0n) is 14.4. The van der Waals surface area contributed by atoms with E-state index < -0.39 is 0 Å². The molecule has 0 aromatic heterocycles. The van der Waals surface area contributed by atoms with E-state index >= 15 is 0 Å². The smallest absolute Gasteiger partial charge is 0.224 e. The summed E-state index contributed by atoms with van der Waals surface area (Å²) in [5.74, 6) is 0.354. The lowest BCUT2D eigenvalue weighted by Crippen LogP contribution is -2.38. The van der Waals surface area contributed by atoms with E-state index in [9.17, 15) is 9.59 Å². The first-order chi connectivity index (χ1) is 12.5. The van der Waals surface area contributed by atoms with Gasteiger partial charge in [-0.1, -0.05) is 47.5 Å². The summed E-state index contributed by atoms with van der Waals surface area (Å²) in [6, 6.07) is 14.3. The second-order valence-electron chi connectivity index (χ2n) is 5.50. The van der Waals surface area contributed by atoms with Crippen LogP contribution in [0.5, 0.6) is 5.75 Å². The molecule has 0 fully saturated rings. The minimum absolute atomic E-state index is 0.158. The quantitative estimate of drug-likeness (QED) is 0.737. The number of nitrogens with one attached hydrogen (secondary N) is 1. The van der Waals surface area contributed by atoms with Crippen molar-refractivity contribution in [1.82, 2.24) is 5.32 Å². The zero-order valence-corrected chi connectivity index (χ0v) is 15.9. The summed E-state index contributed by atoms with van der Waals surface area (Å²) in [4.78, 5) is 25.3. The molecule has 2 aromatic carbocycles. The van der Waals surface area contributed by atoms with Crippen molar-refractivity contribution in [3.05, 3.63) is 58.6 Å². The summed E-state index contributed by atoms with van der Waals surface area (Å²) < 4.78 is 5.48. The van der Waals surface area contributed by atoms with Gasteiger partial charge in [0.05, 0.1) is 28.8 Å². The Bertz CT molecular complexity index is 733. The average Bonchev–Trinajstić information content (AvgIpc) is 2.61. The Labute approximate surface area is 162 Å². The van der Waals surface area contributed by atoms with Gasteiger partial charge in [-0.25, -0.2) is 0 Å². The van der Waals surface area contributed by atoms with Crippen LogP contribution in [0, 0.1) is 0 Å². The van der Waals surface area contributed by atoms with Crippen molar-refractivity contribution < 1.29 is 14.3 Å². The van der Waals surface area contributed by atoms with Gasteiger partial charge in [-0.2, -0.15) is 0 Å². The van der Waals surface area contributed by atoms with Crippen molar-refractivity contribution in [3.63, 3.8) is 0 Å². The van der Waals surface area contributed by atoms with Crippen molar-refractivity contribution in [1.29, 1.82) is 0 Å². The number of para-hydroxylation sites is 2. The Balaban J connectivity index is 1.80. The van der Waals surface area contributed by atoms with Crippen LogP contribution in [0.3, 0.4) is 0 Å². The second kappa shape index (κ2) is 10.0. The molecule has 0 saturated heterocycles. The molecule has 7 heteroatoms. The highest BCUT2D eigenvalue weighted by molar-refractivity contribution is 6.39. The lowest BCUT2D eigenvalue weighted by molar-refractivity contribution is -0.122. The van der Waals surface area contributed by atoms with Crippen LogP contribution in [0.15, 0.2) is 48.5 Å². The molecule has 2 rings (SSSR count). The predicted octanol–water partition coefficient (Wildman–Crippen LogP) is 3.93. The second-order valence-corrected chi connectivity index (χ2v) is 6.32. The molecule has 138 valence electrons. The van der Waals surface area contributed by atoms with Gasteiger partial charge in [-0.15, -0.1) is 0 Å².